The molecule has 1 aromatic rings. The number of hydrogen-bond donors (Lipinski definition) is 0. The molecule has 0 bridgehead atoms. The van der Waals surface area contributed by atoms with Gasteiger partial charge in [-0.05, 0) is 42.9 Å². The topological polar surface area (TPSA) is 33.2 Å². The van der Waals surface area contributed by atoms with Crippen LogP contribution in [0.15, 0.2) is 18.3 Å². The predicted molar refractivity (Wildman–Crippen MR) is 84.1 cm³/mol. The van der Waals surface area contributed by atoms with Gasteiger partial charge in [-0.2, -0.15) is 0 Å². The van der Waals surface area contributed by atoms with Gasteiger partial charge in [-0.3, -0.25) is 9.78 Å². The lowest BCUT2D eigenvalue weighted by atomic mass is 9.82. The summed E-state index contributed by atoms with van der Waals surface area (Å²) in [6.07, 6.45) is 6.45. The maximum Gasteiger partial charge on any atom is 0.225 e. The van der Waals surface area contributed by atoms with Crippen LogP contribution < -0.4 is 0 Å². The lowest BCUT2D eigenvalue weighted by Gasteiger charge is -2.43. The molecule has 1 aliphatic carbocycles. The monoisotopic (exact) mass is 286 g/mol. The van der Waals surface area contributed by atoms with E-state index in [4.69, 9.17) is 0 Å². The molecule has 114 valence electrons. The maximum absolute atomic E-state index is 12.1. The Bertz CT molecular complexity index is 522. The van der Waals surface area contributed by atoms with Crippen LogP contribution in [0.1, 0.15) is 51.3 Å². The first kappa shape index (κ1) is 14.6. The lowest BCUT2D eigenvalue weighted by Crippen LogP contribution is -2.53. The maximum atomic E-state index is 12.1. The van der Waals surface area contributed by atoms with Crippen LogP contribution in [0.2, 0.25) is 0 Å². The normalized spacial score (nSPS) is 20.0. The van der Waals surface area contributed by atoms with Crippen molar-refractivity contribution >= 4 is 5.91 Å². The third-order valence-electron chi connectivity index (χ3n) is 4.84. The van der Waals surface area contributed by atoms with Gasteiger partial charge in [0.2, 0.25) is 5.91 Å². The van der Waals surface area contributed by atoms with Crippen molar-refractivity contribution < 1.29 is 4.79 Å². The zero-order valence-corrected chi connectivity index (χ0v) is 13.4. The number of carbonyl (C=O) groups is 1. The summed E-state index contributed by atoms with van der Waals surface area (Å²) in [5, 5.41) is 0. The van der Waals surface area contributed by atoms with Gasteiger partial charge in [0.05, 0.1) is 0 Å². The highest BCUT2D eigenvalue weighted by atomic mass is 16.2. The van der Waals surface area contributed by atoms with E-state index >= 15 is 0 Å². The largest absolute Gasteiger partial charge is 0.342 e. The van der Waals surface area contributed by atoms with Crippen LogP contribution in [0.5, 0.6) is 0 Å². The van der Waals surface area contributed by atoms with Crippen LogP contribution >= 0.6 is 0 Å². The molecule has 2 fully saturated rings. The molecule has 1 aliphatic heterocycles. The molecular formula is C18H26N2O. The molecule has 2 heterocycles. The number of hydrogen-bond acceptors (Lipinski definition) is 2. The summed E-state index contributed by atoms with van der Waals surface area (Å²) in [6.45, 7) is 8.48. The SMILES string of the molecule is CC(C)(C)c1cc(CC2CN(C(=O)C3CCC3)C2)ccn1. The Morgan fingerprint density at radius 1 is 1.33 bits per heavy atom. The van der Waals surface area contributed by atoms with E-state index in [0.29, 0.717) is 17.7 Å². The van der Waals surface area contributed by atoms with Gasteiger partial charge >= 0.3 is 0 Å². The molecule has 2 aliphatic rings. The molecule has 3 heteroatoms. The van der Waals surface area contributed by atoms with Crippen molar-refractivity contribution in [3.8, 4) is 0 Å². The molecule has 1 saturated heterocycles. The highest BCUT2D eigenvalue weighted by molar-refractivity contribution is 5.80. The number of likely N-dealkylation sites (tertiary alicyclic amines) is 1. The Morgan fingerprint density at radius 3 is 2.62 bits per heavy atom. The minimum absolute atomic E-state index is 0.0991. The summed E-state index contributed by atoms with van der Waals surface area (Å²) in [7, 11) is 0. The summed E-state index contributed by atoms with van der Waals surface area (Å²) in [4.78, 5) is 18.6. The smallest absolute Gasteiger partial charge is 0.225 e. The van der Waals surface area contributed by atoms with Crippen molar-refractivity contribution in [3.63, 3.8) is 0 Å². The van der Waals surface area contributed by atoms with Crippen molar-refractivity contribution in [1.82, 2.24) is 9.88 Å². The summed E-state index contributed by atoms with van der Waals surface area (Å²) in [5.74, 6) is 1.38. The molecule has 3 nitrogen and oxygen atoms in total. The van der Waals surface area contributed by atoms with Crippen LogP contribution in [0, 0.1) is 11.8 Å². The van der Waals surface area contributed by atoms with Gasteiger partial charge in [0.1, 0.15) is 0 Å². The predicted octanol–water partition coefficient (Wildman–Crippen LogP) is 3.18. The van der Waals surface area contributed by atoms with E-state index in [1.807, 2.05) is 6.20 Å². The van der Waals surface area contributed by atoms with Gasteiger partial charge in [-0.1, -0.05) is 27.2 Å². The number of pyridine rings is 1. The Morgan fingerprint density at radius 2 is 2.05 bits per heavy atom. The first-order valence-corrected chi connectivity index (χ1v) is 8.17. The van der Waals surface area contributed by atoms with E-state index in [1.165, 1.54) is 12.0 Å². The third-order valence-corrected chi connectivity index (χ3v) is 4.84. The molecule has 0 radical (unpaired) electrons. The number of rotatable bonds is 3. The van der Waals surface area contributed by atoms with Crippen LogP contribution in [0.3, 0.4) is 0 Å². The molecule has 0 N–H and O–H groups in total. The van der Waals surface area contributed by atoms with Crippen LogP contribution in [0.4, 0.5) is 0 Å². The quantitative estimate of drug-likeness (QED) is 0.855. The molecule has 1 saturated carbocycles. The number of carbonyl (C=O) groups excluding carboxylic acids is 1. The second-order valence-electron chi connectivity index (χ2n) is 7.74. The molecule has 3 rings (SSSR count). The zero-order valence-electron chi connectivity index (χ0n) is 13.4. The van der Waals surface area contributed by atoms with E-state index in [1.54, 1.807) is 0 Å². The van der Waals surface area contributed by atoms with Crippen molar-refractivity contribution in [3.05, 3.63) is 29.6 Å². The summed E-state index contributed by atoms with van der Waals surface area (Å²) in [6, 6.07) is 4.35. The van der Waals surface area contributed by atoms with E-state index in [2.05, 4.69) is 42.8 Å². The molecule has 21 heavy (non-hydrogen) atoms. The van der Waals surface area contributed by atoms with Crippen LogP contribution in [-0.2, 0) is 16.6 Å². The van der Waals surface area contributed by atoms with E-state index in [-0.39, 0.29) is 5.41 Å². The molecular weight excluding hydrogens is 260 g/mol. The average Bonchev–Trinajstić information content (AvgIpc) is 2.30. The fourth-order valence-corrected chi connectivity index (χ4v) is 3.14. The molecule has 0 unspecified atom stereocenters. The Labute approximate surface area is 127 Å². The Kier molecular flexibility index (Phi) is 3.76. The highest BCUT2D eigenvalue weighted by Crippen LogP contribution is 2.32. The standard InChI is InChI=1S/C18H26N2O/c1-18(2,3)16-10-13(7-8-19-16)9-14-11-20(12-14)17(21)15-5-4-6-15/h7-8,10,14-15H,4-6,9,11-12H2,1-3H3. The van der Waals surface area contributed by atoms with Gasteiger partial charge in [-0.15, -0.1) is 0 Å². The summed E-state index contributed by atoms with van der Waals surface area (Å²) in [5.41, 5.74) is 2.61. The summed E-state index contributed by atoms with van der Waals surface area (Å²) >= 11 is 0. The third kappa shape index (κ3) is 3.12. The fourth-order valence-electron chi connectivity index (χ4n) is 3.14. The Hall–Kier alpha value is -1.38. The van der Waals surface area contributed by atoms with Crippen molar-refractivity contribution in [2.75, 3.05) is 13.1 Å². The second kappa shape index (κ2) is 5.43. The minimum Gasteiger partial charge on any atom is -0.342 e. The first-order chi connectivity index (χ1) is 9.93. The van der Waals surface area contributed by atoms with E-state index in [9.17, 15) is 4.79 Å². The first-order valence-electron chi connectivity index (χ1n) is 8.17. The Balaban J connectivity index is 1.53. The molecule has 0 atom stereocenters. The zero-order chi connectivity index (χ0) is 15.0. The van der Waals surface area contributed by atoms with Gasteiger partial charge in [0.15, 0.2) is 0 Å². The van der Waals surface area contributed by atoms with Crippen LogP contribution in [0.25, 0.3) is 0 Å². The van der Waals surface area contributed by atoms with Crippen molar-refractivity contribution in [1.29, 1.82) is 0 Å². The average molecular weight is 286 g/mol. The van der Waals surface area contributed by atoms with E-state index in [0.717, 1.165) is 38.0 Å². The van der Waals surface area contributed by atoms with Gasteiger partial charge in [0, 0.05) is 36.3 Å². The number of nitrogens with zero attached hydrogens (tertiary/aromatic N) is 2. The second-order valence-corrected chi connectivity index (χ2v) is 7.74. The summed E-state index contributed by atoms with van der Waals surface area (Å²) < 4.78 is 0. The molecule has 0 aromatic carbocycles. The molecule has 1 aromatic heterocycles. The highest BCUT2D eigenvalue weighted by Gasteiger charge is 2.36. The van der Waals surface area contributed by atoms with Crippen LogP contribution in [-0.4, -0.2) is 28.9 Å². The lowest BCUT2D eigenvalue weighted by molar-refractivity contribution is -0.144. The van der Waals surface area contributed by atoms with Gasteiger partial charge in [-0.25, -0.2) is 0 Å². The van der Waals surface area contributed by atoms with Crippen molar-refractivity contribution in [2.24, 2.45) is 11.8 Å². The number of amides is 1. The van der Waals surface area contributed by atoms with Gasteiger partial charge < -0.3 is 4.90 Å². The minimum atomic E-state index is 0.0991. The fraction of sp³-hybridized carbons (Fsp3) is 0.667. The van der Waals surface area contributed by atoms with E-state index < -0.39 is 0 Å². The van der Waals surface area contributed by atoms with Gasteiger partial charge in [0.25, 0.3) is 0 Å². The van der Waals surface area contributed by atoms with Crippen molar-refractivity contribution in [2.45, 2.75) is 51.9 Å². The number of aromatic nitrogens is 1. The molecule has 1 amide bonds. The molecule has 0 spiro atoms.